The third-order valence-corrected chi connectivity index (χ3v) is 3.44. The molecule has 1 aromatic heterocycles. The highest BCUT2D eigenvalue weighted by Gasteiger charge is 2.09. The van der Waals surface area contributed by atoms with Crippen LogP contribution in [-0.4, -0.2) is 17.5 Å². The summed E-state index contributed by atoms with van der Waals surface area (Å²) in [6.45, 7) is 1.39. The molecule has 0 aliphatic carbocycles. The Kier molecular flexibility index (Phi) is 3.50. The molecule has 0 aliphatic rings. The van der Waals surface area contributed by atoms with Crippen LogP contribution < -0.4 is 5.32 Å². The van der Waals surface area contributed by atoms with Crippen LogP contribution in [0.3, 0.4) is 0 Å². The maximum atomic E-state index is 10.4. The number of carbonyl (C=O) groups excluding carboxylic acids is 1. The largest absolute Gasteiger partial charge is 0.357 e. The van der Waals surface area contributed by atoms with Crippen LogP contribution in [0, 0.1) is 0 Å². The average Bonchev–Trinajstić information content (AvgIpc) is 2.87. The summed E-state index contributed by atoms with van der Waals surface area (Å²) in [7, 11) is 0. The molecule has 1 heterocycles. The van der Waals surface area contributed by atoms with E-state index < -0.39 is 0 Å². The summed E-state index contributed by atoms with van der Waals surface area (Å²) in [5.74, 6) is 0. The zero-order valence-electron chi connectivity index (χ0n) is 11.1. The fraction of sp³-hybridized carbons (Fsp3) is 0.118. The number of amides is 1. The third-order valence-electron chi connectivity index (χ3n) is 3.44. The Morgan fingerprint density at radius 3 is 2.55 bits per heavy atom. The topological polar surface area (TPSA) is 34.0 Å². The van der Waals surface area contributed by atoms with E-state index in [1.807, 2.05) is 30.3 Å². The van der Waals surface area contributed by atoms with Crippen molar-refractivity contribution in [2.24, 2.45) is 0 Å². The van der Waals surface area contributed by atoms with E-state index in [1.165, 1.54) is 22.2 Å². The SMILES string of the molecule is O=CNCCn1c(-c2ccccc2)cc2ccccc21. The number of rotatable bonds is 5. The normalized spacial score (nSPS) is 10.6. The maximum Gasteiger partial charge on any atom is 0.207 e. The number of hydrogen-bond acceptors (Lipinski definition) is 1. The van der Waals surface area contributed by atoms with Gasteiger partial charge in [0.25, 0.3) is 0 Å². The van der Waals surface area contributed by atoms with Gasteiger partial charge in [0.15, 0.2) is 0 Å². The molecule has 0 radical (unpaired) electrons. The third kappa shape index (κ3) is 2.30. The predicted molar refractivity (Wildman–Crippen MR) is 81.4 cm³/mol. The van der Waals surface area contributed by atoms with Crippen LogP contribution >= 0.6 is 0 Å². The van der Waals surface area contributed by atoms with Gasteiger partial charge in [-0.25, -0.2) is 0 Å². The van der Waals surface area contributed by atoms with E-state index in [0.717, 1.165) is 13.0 Å². The van der Waals surface area contributed by atoms with Crippen molar-refractivity contribution >= 4 is 17.3 Å². The molecule has 3 nitrogen and oxygen atoms in total. The monoisotopic (exact) mass is 264 g/mol. The summed E-state index contributed by atoms with van der Waals surface area (Å²) in [5, 5.41) is 3.95. The molecule has 0 unspecified atom stereocenters. The standard InChI is InChI=1S/C17H16N2O/c20-13-18-10-11-19-16-9-5-4-8-15(16)12-17(19)14-6-2-1-3-7-14/h1-9,12-13H,10-11H2,(H,18,20). The second-order valence-corrected chi connectivity index (χ2v) is 4.68. The molecular weight excluding hydrogens is 248 g/mol. The lowest BCUT2D eigenvalue weighted by atomic mass is 10.1. The Bertz CT molecular complexity index is 716. The van der Waals surface area contributed by atoms with Crippen LogP contribution in [0.15, 0.2) is 60.7 Å². The summed E-state index contributed by atoms with van der Waals surface area (Å²) >= 11 is 0. The molecule has 1 amide bonds. The molecule has 3 heteroatoms. The van der Waals surface area contributed by atoms with E-state index in [0.29, 0.717) is 6.54 Å². The van der Waals surface area contributed by atoms with Crippen molar-refractivity contribution in [3.63, 3.8) is 0 Å². The van der Waals surface area contributed by atoms with E-state index in [-0.39, 0.29) is 0 Å². The Morgan fingerprint density at radius 2 is 1.75 bits per heavy atom. The van der Waals surface area contributed by atoms with Crippen LogP contribution in [0.25, 0.3) is 22.2 Å². The van der Waals surface area contributed by atoms with Gasteiger partial charge in [-0.15, -0.1) is 0 Å². The molecule has 0 aliphatic heterocycles. The van der Waals surface area contributed by atoms with Crippen molar-refractivity contribution in [1.82, 2.24) is 9.88 Å². The highest BCUT2D eigenvalue weighted by Crippen LogP contribution is 2.27. The van der Waals surface area contributed by atoms with Crippen LogP contribution in [0.4, 0.5) is 0 Å². The van der Waals surface area contributed by atoms with E-state index in [4.69, 9.17) is 0 Å². The predicted octanol–water partition coefficient (Wildman–Crippen LogP) is 3.05. The van der Waals surface area contributed by atoms with Gasteiger partial charge >= 0.3 is 0 Å². The van der Waals surface area contributed by atoms with Crippen LogP contribution in [0.5, 0.6) is 0 Å². The molecule has 0 spiro atoms. The lowest BCUT2D eigenvalue weighted by Gasteiger charge is -2.10. The van der Waals surface area contributed by atoms with Gasteiger partial charge in [0.2, 0.25) is 6.41 Å². The number of fused-ring (bicyclic) bond motifs is 1. The van der Waals surface area contributed by atoms with Crippen LogP contribution in [0.2, 0.25) is 0 Å². The molecule has 0 atom stereocenters. The lowest BCUT2D eigenvalue weighted by Crippen LogP contribution is -2.18. The maximum absolute atomic E-state index is 10.4. The van der Waals surface area contributed by atoms with E-state index >= 15 is 0 Å². The van der Waals surface area contributed by atoms with Crippen molar-refractivity contribution in [1.29, 1.82) is 0 Å². The van der Waals surface area contributed by atoms with Gasteiger partial charge in [-0.2, -0.15) is 0 Å². The van der Waals surface area contributed by atoms with E-state index in [1.54, 1.807) is 0 Å². The second kappa shape index (κ2) is 5.61. The summed E-state index contributed by atoms with van der Waals surface area (Å²) in [6, 6.07) is 20.8. The molecular formula is C17H16N2O. The van der Waals surface area contributed by atoms with Crippen LogP contribution in [0.1, 0.15) is 0 Å². The number of nitrogens with zero attached hydrogens (tertiary/aromatic N) is 1. The Morgan fingerprint density at radius 1 is 1.00 bits per heavy atom. The minimum Gasteiger partial charge on any atom is -0.357 e. The van der Waals surface area contributed by atoms with E-state index in [9.17, 15) is 4.79 Å². The number of hydrogen-bond donors (Lipinski definition) is 1. The highest BCUT2D eigenvalue weighted by atomic mass is 16.1. The van der Waals surface area contributed by atoms with Gasteiger partial charge in [0.05, 0.1) is 0 Å². The summed E-state index contributed by atoms with van der Waals surface area (Å²) in [4.78, 5) is 10.4. The first-order valence-corrected chi connectivity index (χ1v) is 6.71. The molecule has 2 aromatic carbocycles. The van der Waals surface area contributed by atoms with Crippen LogP contribution in [-0.2, 0) is 11.3 Å². The zero-order valence-corrected chi connectivity index (χ0v) is 11.1. The van der Waals surface area contributed by atoms with Gasteiger partial charge in [0.1, 0.15) is 0 Å². The van der Waals surface area contributed by atoms with Gasteiger partial charge in [0, 0.05) is 29.7 Å². The Hall–Kier alpha value is -2.55. The second-order valence-electron chi connectivity index (χ2n) is 4.68. The fourth-order valence-corrected chi connectivity index (χ4v) is 2.53. The molecule has 1 N–H and O–H groups in total. The molecule has 0 fully saturated rings. The molecule has 3 rings (SSSR count). The van der Waals surface area contributed by atoms with Gasteiger partial charge < -0.3 is 9.88 Å². The van der Waals surface area contributed by atoms with Crippen molar-refractivity contribution in [2.75, 3.05) is 6.54 Å². The number of benzene rings is 2. The number of carbonyl (C=O) groups is 1. The fourth-order valence-electron chi connectivity index (χ4n) is 2.53. The smallest absolute Gasteiger partial charge is 0.207 e. The average molecular weight is 264 g/mol. The molecule has 0 saturated carbocycles. The zero-order chi connectivity index (χ0) is 13.8. The Labute approximate surface area is 117 Å². The summed E-state index contributed by atoms with van der Waals surface area (Å²) in [6.07, 6.45) is 0.744. The molecule has 100 valence electrons. The van der Waals surface area contributed by atoms with Crippen molar-refractivity contribution in [3.05, 3.63) is 60.7 Å². The van der Waals surface area contributed by atoms with E-state index in [2.05, 4.69) is 40.2 Å². The molecule has 3 aromatic rings. The first kappa shape index (κ1) is 12.5. The quantitative estimate of drug-likeness (QED) is 0.558. The number of para-hydroxylation sites is 1. The van der Waals surface area contributed by atoms with Crippen molar-refractivity contribution in [2.45, 2.75) is 6.54 Å². The first-order chi connectivity index (χ1) is 9.90. The lowest BCUT2D eigenvalue weighted by molar-refractivity contribution is -0.109. The highest BCUT2D eigenvalue weighted by molar-refractivity contribution is 5.87. The number of nitrogens with one attached hydrogen (secondary N) is 1. The minimum absolute atomic E-state index is 0.627. The first-order valence-electron chi connectivity index (χ1n) is 6.71. The summed E-state index contributed by atoms with van der Waals surface area (Å²) in [5.41, 5.74) is 3.56. The van der Waals surface area contributed by atoms with Gasteiger partial charge in [-0.3, -0.25) is 4.79 Å². The van der Waals surface area contributed by atoms with Gasteiger partial charge in [-0.05, 0) is 17.7 Å². The molecule has 0 saturated heterocycles. The van der Waals surface area contributed by atoms with Gasteiger partial charge in [-0.1, -0.05) is 48.5 Å². The molecule has 0 bridgehead atoms. The molecule has 20 heavy (non-hydrogen) atoms. The number of aromatic nitrogens is 1. The van der Waals surface area contributed by atoms with Crippen molar-refractivity contribution < 1.29 is 4.79 Å². The Balaban J connectivity index is 2.10. The minimum atomic E-state index is 0.627. The summed E-state index contributed by atoms with van der Waals surface area (Å²) < 4.78 is 2.25. The van der Waals surface area contributed by atoms with Crippen molar-refractivity contribution in [3.8, 4) is 11.3 Å².